The number of thioether (sulfide) groups is 1. The van der Waals surface area contributed by atoms with Crippen LogP contribution in [0.3, 0.4) is 0 Å². The van der Waals surface area contributed by atoms with Crippen LogP contribution in [-0.4, -0.2) is 32.1 Å². The first-order valence-electron chi connectivity index (χ1n) is 10.6. The highest BCUT2D eigenvalue weighted by Crippen LogP contribution is 2.36. The van der Waals surface area contributed by atoms with Crippen molar-refractivity contribution in [2.24, 2.45) is 5.10 Å². The molecule has 0 saturated heterocycles. The average Bonchev–Trinajstić information content (AvgIpc) is 2.84. The van der Waals surface area contributed by atoms with E-state index in [4.69, 9.17) is 14.2 Å². The van der Waals surface area contributed by atoms with Crippen molar-refractivity contribution in [3.05, 3.63) is 87.4 Å². The van der Waals surface area contributed by atoms with Crippen molar-refractivity contribution in [2.75, 3.05) is 20.0 Å². The zero-order valence-electron chi connectivity index (χ0n) is 19.3. The first kappa shape index (κ1) is 25.6. The fourth-order valence-corrected chi connectivity index (χ4v) is 4.34. The van der Waals surface area contributed by atoms with Crippen molar-refractivity contribution in [2.45, 2.75) is 19.3 Å². The van der Waals surface area contributed by atoms with Crippen molar-refractivity contribution >= 4 is 39.8 Å². The molecule has 3 aromatic rings. The van der Waals surface area contributed by atoms with E-state index in [2.05, 4.69) is 38.6 Å². The van der Waals surface area contributed by atoms with Gasteiger partial charge in [0.25, 0.3) is 0 Å². The predicted molar refractivity (Wildman–Crippen MR) is 141 cm³/mol. The summed E-state index contributed by atoms with van der Waals surface area (Å²) in [6.45, 7) is 2.47. The quantitative estimate of drug-likeness (QED) is 0.247. The number of nitrogens with zero attached hydrogens (tertiary/aromatic N) is 1. The minimum absolute atomic E-state index is 0.168. The van der Waals surface area contributed by atoms with Crippen LogP contribution in [0.2, 0.25) is 0 Å². The molecule has 34 heavy (non-hydrogen) atoms. The maximum Gasteiger partial charge on any atom is 0.250 e. The summed E-state index contributed by atoms with van der Waals surface area (Å²) in [5.74, 6) is 2.87. The number of benzene rings is 3. The summed E-state index contributed by atoms with van der Waals surface area (Å²) in [5.41, 5.74) is 6.72. The fraction of sp³-hybridized carbons (Fsp3) is 0.231. The van der Waals surface area contributed by atoms with E-state index in [1.54, 1.807) is 20.4 Å². The number of amides is 1. The van der Waals surface area contributed by atoms with Crippen LogP contribution in [0.25, 0.3) is 0 Å². The maximum absolute atomic E-state index is 12.1. The van der Waals surface area contributed by atoms with Gasteiger partial charge in [0.2, 0.25) is 5.91 Å². The minimum atomic E-state index is -0.168. The van der Waals surface area contributed by atoms with Gasteiger partial charge < -0.3 is 14.2 Å². The fourth-order valence-electron chi connectivity index (χ4n) is 2.99. The Morgan fingerprint density at radius 2 is 1.74 bits per heavy atom. The van der Waals surface area contributed by atoms with Gasteiger partial charge in [-0.3, -0.25) is 4.79 Å². The number of hydrogen-bond acceptors (Lipinski definition) is 6. The van der Waals surface area contributed by atoms with Gasteiger partial charge in [-0.05, 0) is 63.8 Å². The Morgan fingerprint density at radius 1 is 1.03 bits per heavy atom. The van der Waals surface area contributed by atoms with Gasteiger partial charge in [-0.1, -0.05) is 42.0 Å². The molecular formula is C26H27BrN2O4S. The smallest absolute Gasteiger partial charge is 0.250 e. The molecule has 0 aromatic heterocycles. The summed E-state index contributed by atoms with van der Waals surface area (Å²) in [6.07, 6.45) is 1.57. The van der Waals surface area contributed by atoms with Crippen molar-refractivity contribution in [3.8, 4) is 17.2 Å². The first-order chi connectivity index (χ1) is 16.5. The summed E-state index contributed by atoms with van der Waals surface area (Å²) < 4.78 is 17.4. The molecule has 0 aliphatic carbocycles. The zero-order valence-corrected chi connectivity index (χ0v) is 21.7. The van der Waals surface area contributed by atoms with Crippen molar-refractivity contribution in [1.29, 1.82) is 0 Å². The topological polar surface area (TPSA) is 69.2 Å². The second kappa shape index (κ2) is 13.1. The van der Waals surface area contributed by atoms with E-state index < -0.39 is 0 Å². The molecule has 1 N–H and O–H groups in total. The van der Waals surface area contributed by atoms with Gasteiger partial charge >= 0.3 is 0 Å². The van der Waals surface area contributed by atoms with Crippen LogP contribution in [0, 0.1) is 6.92 Å². The normalized spacial score (nSPS) is 10.8. The number of methoxy groups -OCH3 is 2. The highest BCUT2D eigenvalue weighted by molar-refractivity contribution is 9.10. The molecule has 0 bridgehead atoms. The number of carbonyl (C=O) groups excluding carboxylic acids is 1. The number of hydrogen-bond donors (Lipinski definition) is 1. The third-order valence-electron chi connectivity index (χ3n) is 4.82. The van der Waals surface area contributed by atoms with Gasteiger partial charge in [-0.15, -0.1) is 11.8 Å². The van der Waals surface area contributed by atoms with Gasteiger partial charge in [0, 0.05) is 5.75 Å². The van der Waals surface area contributed by atoms with Gasteiger partial charge in [0.1, 0.15) is 12.4 Å². The maximum atomic E-state index is 12.1. The molecule has 3 aromatic carbocycles. The molecule has 0 aliphatic rings. The van der Waals surface area contributed by atoms with E-state index in [9.17, 15) is 4.79 Å². The number of hydrazone groups is 1. The third-order valence-corrected chi connectivity index (χ3v) is 6.41. The largest absolute Gasteiger partial charge is 0.497 e. The predicted octanol–water partition coefficient (Wildman–Crippen LogP) is 5.74. The molecule has 0 heterocycles. The molecule has 0 atom stereocenters. The first-order valence-corrected chi connectivity index (χ1v) is 12.5. The molecule has 0 saturated carbocycles. The van der Waals surface area contributed by atoms with Crippen LogP contribution >= 0.6 is 27.7 Å². The van der Waals surface area contributed by atoms with E-state index in [-0.39, 0.29) is 5.91 Å². The second-order valence-electron chi connectivity index (χ2n) is 7.44. The Hall–Kier alpha value is -2.97. The van der Waals surface area contributed by atoms with E-state index in [0.29, 0.717) is 23.9 Å². The lowest BCUT2D eigenvalue weighted by Gasteiger charge is -2.13. The second-order valence-corrected chi connectivity index (χ2v) is 9.28. The molecule has 6 nitrogen and oxygen atoms in total. The standard InChI is InChI=1S/C26H27BrN2O4S/c1-18-4-6-19(7-5-18)15-33-26-23(27)12-21(13-24(26)32-3)14-28-29-25(30)17-34-16-20-8-10-22(31-2)11-9-20/h4-14H,15-17H2,1-3H3,(H,29,30)/b28-14-. The molecule has 3 rings (SSSR count). The highest BCUT2D eigenvalue weighted by atomic mass is 79.9. The zero-order chi connectivity index (χ0) is 24.3. The van der Waals surface area contributed by atoms with Crippen LogP contribution in [0.1, 0.15) is 22.3 Å². The van der Waals surface area contributed by atoms with Crippen LogP contribution in [0.4, 0.5) is 0 Å². The van der Waals surface area contributed by atoms with Crippen LogP contribution in [0.15, 0.2) is 70.2 Å². The van der Waals surface area contributed by atoms with E-state index in [1.165, 1.54) is 17.3 Å². The Bertz CT molecular complexity index is 1120. The molecule has 0 fully saturated rings. The minimum Gasteiger partial charge on any atom is -0.497 e. The molecule has 8 heteroatoms. The van der Waals surface area contributed by atoms with Gasteiger partial charge in [0.15, 0.2) is 11.5 Å². The number of nitrogens with one attached hydrogen (secondary N) is 1. The van der Waals surface area contributed by atoms with E-state index >= 15 is 0 Å². The molecule has 0 aliphatic heterocycles. The molecule has 178 valence electrons. The van der Waals surface area contributed by atoms with E-state index in [0.717, 1.165) is 32.7 Å². The summed E-state index contributed by atoms with van der Waals surface area (Å²) in [7, 11) is 3.22. The molecule has 1 amide bonds. The van der Waals surface area contributed by atoms with Crippen LogP contribution in [-0.2, 0) is 17.2 Å². The highest BCUT2D eigenvalue weighted by Gasteiger charge is 2.12. The molecule has 0 radical (unpaired) electrons. The number of rotatable bonds is 11. The lowest BCUT2D eigenvalue weighted by molar-refractivity contribution is -0.118. The average molecular weight is 543 g/mol. The van der Waals surface area contributed by atoms with E-state index in [1.807, 2.05) is 55.5 Å². The van der Waals surface area contributed by atoms with Crippen LogP contribution in [0.5, 0.6) is 17.2 Å². The number of halogens is 1. The summed E-state index contributed by atoms with van der Waals surface area (Å²) in [4.78, 5) is 12.1. The number of carbonyl (C=O) groups is 1. The Labute approximate surface area is 212 Å². The SMILES string of the molecule is COc1ccc(CSCC(=O)N/N=C\c2cc(Br)c(OCc3ccc(C)cc3)c(OC)c2)cc1. The number of aryl methyl sites for hydroxylation is 1. The lowest BCUT2D eigenvalue weighted by atomic mass is 10.2. The summed E-state index contributed by atoms with van der Waals surface area (Å²) in [6, 6.07) is 19.6. The van der Waals surface area contributed by atoms with Crippen molar-refractivity contribution in [1.82, 2.24) is 5.43 Å². The molecular weight excluding hydrogens is 516 g/mol. The Kier molecular flexibility index (Phi) is 9.85. The van der Waals surface area contributed by atoms with Gasteiger partial charge in [0.05, 0.1) is 30.7 Å². The van der Waals surface area contributed by atoms with Crippen molar-refractivity contribution in [3.63, 3.8) is 0 Å². The third kappa shape index (κ3) is 7.81. The lowest BCUT2D eigenvalue weighted by Crippen LogP contribution is -2.19. The van der Waals surface area contributed by atoms with Gasteiger partial charge in [-0.25, -0.2) is 5.43 Å². The Balaban J connectivity index is 1.50. The summed E-state index contributed by atoms with van der Waals surface area (Å²) in [5, 5.41) is 4.07. The molecule has 0 unspecified atom stereocenters. The van der Waals surface area contributed by atoms with Gasteiger partial charge in [-0.2, -0.15) is 5.10 Å². The Morgan fingerprint density at radius 3 is 2.41 bits per heavy atom. The van der Waals surface area contributed by atoms with Crippen LogP contribution < -0.4 is 19.6 Å². The van der Waals surface area contributed by atoms with Crippen molar-refractivity contribution < 1.29 is 19.0 Å². The summed E-state index contributed by atoms with van der Waals surface area (Å²) >= 11 is 5.06. The molecule has 0 spiro atoms. The number of ether oxygens (including phenoxy) is 3. The monoisotopic (exact) mass is 542 g/mol.